The van der Waals surface area contributed by atoms with Crippen LogP contribution in [0.1, 0.15) is 11.1 Å². The molecule has 0 amide bonds. The second kappa shape index (κ2) is 11.9. The van der Waals surface area contributed by atoms with E-state index < -0.39 is 12.4 Å². The average Bonchev–Trinajstić information content (AvgIpc) is 2.87. The van der Waals surface area contributed by atoms with Gasteiger partial charge in [0.2, 0.25) is 0 Å². The SMILES string of the molecule is FC(F)(F)C=Cc1cccc(Sc2cccc(C=CC(F)(F)F)c2-c2ccc(Cl)cc2)c1-c1ccc(Cl)cc1. The van der Waals surface area contributed by atoms with Gasteiger partial charge in [0, 0.05) is 43.1 Å². The summed E-state index contributed by atoms with van der Waals surface area (Å²) in [6, 6.07) is 23.3. The van der Waals surface area contributed by atoms with Crippen LogP contribution in [0.2, 0.25) is 10.0 Å². The molecule has 0 aliphatic heterocycles. The van der Waals surface area contributed by atoms with Crippen molar-refractivity contribution in [1.82, 2.24) is 0 Å². The molecule has 0 saturated carbocycles. The van der Waals surface area contributed by atoms with Crippen molar-refractivity contribution in [2.45, 2.75) is 22.1 Å². The summed E-state index contributed by atoms with van der Waals surface area (Å²) in [4.78, 5) is 1.21. The van der Waals surface area contributed by atoms with Gasteiger partial charge in [0.25, 0.3) is 0 Å². The highest BCUT2D eigenvalue weighted by molar-refractivity contribution is 7.99. The Kier molecular flexibility index (Phi) is 8.84. The minimum Gasteiger partial charge on any atom is -0.167 e. The summed E-state index contributed by atoms with van der Waals surface area (Å²) >= 11 is 13.3. The summed E-state index contributed by atoms with van der Waals surface area (Å²) in [7, 11) is 0. The minimum atomic E-state index is -4.51. The van der Waals surface area contributed by atoms with Crippen LogP contribution >= 0.6 is 35.0 Å². The highest BCUT2D eigenvalue weighted by Gasteiger charge is 2.24. The van der Waals surface area contributed by atoms with Crippen molar-refractivity contribution in [1.29, 1.82) is 0 Å². The zero-order chi connectivity index (χ0) is 28.2. The Morgan fingerprint density at radius 2 is 0.872 bits per heavy atom. The van der Waals surface area contributed by atoms with Crippen LogP contribution in [-0.4, -0.2) is 12.4 Å². The Morgan fingerprint density at radius 3 is 1.21 bits per heavy atom. The van der Waals surface area contributed by atoms with E-state index in [9.17, 15) is 26.3 Å². The summed E-state index contributed by atoms with van der Waals surface area (Å²) in [5, 5.41) is 0.927. The molecule has 4 rings (SSSR count). The first-order valence-electron chi connectivity index (χ1n) is 11.4. The van der Waals surface area contributed by atoms with Crippen molar-refractivity contribution in [2.75, 3.05) is 0 Å². The number of alkyl halides is 6. The first-order valence-corrected chi connectivity index (χ1v) is 12.9. The molecule has 200 valence electrons. The summed E-state index contributed by atoms with van der Waals surface area (Å²) in [5.41, 5.74) is 2.95. The molecule has 4 aromatic carbocycles. The lowest BCUT2D eigenvalue weighted by atomic mass is 9.99. The molecule has 0 spiro atoms. The van der Waals surface area contributed by atoms with Crippen LogP contribution in [0.15, 0.2) is 107 Å². The molecule has 0 fully saturated rings. The molecular weight excluding hydrogens is 577 g/mol. The maximum atomic E-state index is 13.0. The molecule has 0 N–H and O–H groups in total. The zero-order valence-electron chi connectivity index (χ0n) is 19.8. The molecule has 9 heteroatoms. The molecule has 0 bridgehead atoms. The Balaban J connectivity index is 1.91. The smallest absolute Gasteiger partial charge is 0.167 e. The molecule has 0 unspecified atom stereocenters. The Labute approximate surface area is 235 Å². The third-order valence-electron chi connectivity index (χ3n) is 5.51. The zero-order valence-corrected chi connectivity index (χ0v) is 22.2. The second-order valence-electron chi connectivity index (χ2n) is 8.31. The molecule has 0 radical (unpaired) electrons. The first-order chi connectivity index (χ1) is 18.4. The van der Waals surface area contributed by atoms with E-state index in [-0.39, 0.29) is 12.2 Å². The summed E-state index contributed by atoms with van der Waals surface area (Å²) in [5.74, 6) is 0. The second-order valence-corrected chi connectivity index (χ2v) is 10.3. The minimum absolute atomic E-state index is 0.165. The van der Waals surface area contributed by atoms with Crippen molar-refractivity contribution < 1.29 is 26.3 Å². The van der Waals surface area contributed by atoms with Gasteiger partial charge in [-0.05, 0) is 70.8 Å². The number of hydrogen-bond donors (Lipinski definition) is 0. The lowest BCUT2D eigenvalue weighted by Gasteiger charge is -2.17. The number of hydrogen-bond acceptors (Lipinski definition) is 1. The van der Waals surface area contributed by atoms with E-state index in [1.165, 1.54) is 11.8 Å². The van der Waals surface area contributed by atoms with Crippen molar-refractivity contribution in [3.63, 3.8) is 0 Å². The lowest BCUT2D eigenvalue weighted by molar-refractivity contribution is -0.0800. The number of rotatable bonds is 6. The predicted molar refractivity (Wildman–Crippen MR) is 148 cm³/mol. The topological polar surface area (TPSA) is 0 Å². The highest BCUT2D eigenvalue weighted by atomic mass is 35.5. The Hall–Kier alpha value is -3.13. The fourth-order valence-corrected chi connectivity index (χ4v) is 5.34. The maximum Gasteiger partial charge on any atom is 0.409 e. The Morgan fingerprint density at radius 1 is 0.513 bits per heavy atom. The van der Waals surface area contributed by atoms with Crippen LogP contribution in [-0.2, 0) is 0 Å². The molecule has 0 aliphatic rings. The number of halogens is 8. The average molecular weight is 595 g/mol. The van der Waals surface area contributed by atoms with Crippen LogP contribution in [0.25, 0.3) is 34.4 Å². The third-order valence-corrected chi connectivity index (χ3v) is 7.13. The summed E-state index contributed by atoms with van der Waals surface area (Å²) in [6.07, 6.45) is -6.70. The normalized spacial score (nSPS) is 12.5. The van der Waals surface area contributed by atoms with Gasteiger partial charge in [0.05, 0.1) is 0 Å². The molecule has 0 aliphatic carbocycles. The molecule has 39 heavy (non-hydrogen) atoms. The molecule has 0 saturated heterocycles. The van der Waals surface area contributed by atoms with Crippen LogP contribution < -0.4 is 0 Å². The van der Waals surface area contributed by atoms with Crippen molar-refractivity contribution in [3.05, 3.63) is 118 Å². The lowest BCUT2D eigenvalue weighted by Crippen LogP contribution is -2.00. The molecule has 0 nitrogen and oxygen atoms in total. The first kappa shape index (κ1) is 28.9. The van der Waals surface area contributed by atoms with Crippen molar-refractivity contribution >= 4 is 47.1 Å². The van der Waals surface area contributed by atoms with E-state index in [4.69, 9.17) is 23.2 Å². The van der Waals surface area contributed by atoms with Gasteiger partial charge in [-0.3, -0.25) is 0 Å². The van der Waals surface area contributed by atoms with Crippen LogP contribution in [0.4, 0.5) is 26.3 Å². The van der Waals surface area contributed by atoms with Crippen molar-refractivity contribution in [2.24, 2.45) is 0 Å². The van der Waals surface area contributed by atoms with E-state index in [0.29, 0.717) is 53.2 Å². The van der Waals surface area contributed by atoms with E-state index >= 15 is 0 Å². The van der Waals surface area contributed by atoms with E-state index in [1.54, 1.807) is 84.9 Å². The highest BCUT2D eigenvalue weighted by Crippen LogP contribution is 2.44. The number of allylic oxidation sites excluding steroid dienone is 2. The number of benzene rings is 4. The van der Waals surface area contributed by atoms with E-state index in [1.807, 2.05) is 0 Å². The van der Waals surface area contributed by atoms with Gasteiger partial charge in [0.1, 0.15) is 0 Å². The van der Waals surface area contributed by atoms with Crippen molar-refractivity contribution in [3.8, 4) is 22.3 Å². The monoisotopic (exact) mass is 594 g/mol. The maximum absolute atomic E-state index is 13.0. The van der Waals surface area contributed by atoms with Gasteiger partial charge >= 0.3 is 12.4 Å². The van der Waals surface area contributed by atoms with Gasteiger partial charge in [0.15, 0.2) is 0 Å². The molecule has 0 heterocycles. The Bertz CT molecular complexity index is 1390. The fraction of sp³-hybridized carbons (Fsp3) is 0.0667. The van der Waals surface area contributed by atoms with Crippen LogP contribution in [0.5, 0.6) is 0 Å². The van der Waals surface area contributed by atoms with E-state index in [2.05, 4.69) is 0 Å². The summed E-state index contributed by atoms with van der Waals surface area (Å²) in [6.45, 7) is 0. The van der Waals surface area contributed by atoms with E-state index in [0.717, 1.165) is 12.2 Å². The summed E-state index contributed by atoms with van der Waals surface area (Å²) < 4.78 is 78.2. The van der Waals surface area contributed by atoms with Gasteiger partial charge in [-0.2, -0.15) is 26.3 Å². The van der Waals surface area contributed by atoms with Crippen LogP contribution in [0, 0.1) is 0 Å². The van der Waals surface area contributed by atoms with Crippen LogP contribution in [0.3, 0.4) is 0 Å². The molecular formula is C30H18Cl2F6S. The quantitative estimate of drug-likeness (QED) is 0.200. The van der Waals surface area contributed by atoms with Gasteiger partial charge < -0.3 is 0 Å². The molecule has 0 aromatic heterocycles. The molecule has 4 aromatic rings. The predicted octanol–water partition coefficient (Wildman–Crippen LogP) is 11.6. The van der Waals surface area contributed by atoms with Gasteiger partial charge in [-0.15, -0.1) is 0 Å². The van der Waals surface area contributed by atoms with Gasteiger partial charge in [-0.25, -0.2) is 0 Å². The van der Waals surface area contributed by atoms with Gasteiger partial charge in [-0.1, -0.05) is 83.5 Å². The fourth-order valence-electron chi connectivity index (χ4n) is 3.88. The standard InChI is InChI=1S/C30H18Cl2F6S/c31-23-11-7-21(8-12-23)27-19(15-17-29(33,34)35)3-1-5-25(27)39-26-6-2-4-20(16-18-30(36,37)38)28(26)22-9-13-24(32)14-10-22/h1-18H. The third kappa shape index (κ3) is 7.94. The largest absolute Gasteiger partial charge is 0.409 e. The molecule has 0 atom stereocenters.